The van der Waals surface area contributed by atoms with E-state index in [0.717, 1.165) is 5.56 Å². The molecule has 0 saturated carbocycles. The average Bonchev–Trinajstić information content (AvgIpc) is 2.68. The van der Waals surface area contributed by atoms with Gasteiger partial charge in [-0.2, -0.15) is 0 Å². The van der Waals surface area contributed by atoms with Gasteiger partial charge in [-0.1, -0.05) is 66.7 Å². The number of nitrogens with zero attached hydrogens (tertiary/aromatic N) is 1. The summed E-state index contributed by atoms with van der Waals surface area (Å²) in [6.45, 7) is 0.548. The number of rotatable bonds is 5. The monoisotopic (exact) mass is 331 g/mol. The Hall–Kier alpha value is -3.07. The van der Waals surface area contributed by atoms with E-state index in [-0.39, 0.29) is 5.91 Å². The van der Waals surface area contributed by atoms with Gasteiger partial charge in [0.05, 0.1) is 12.7 Å². The molecule has 0 N–H and O–H groups in total. The summed E-state index contributed by atoms with van der Waals surface area (Å²) in [5.41, 5.74) is 4.02. The van der Waals surface area contributed by atoms with Crippen molar-refractivity contribution >= 4 is 5.91 Å². The zero-order valence-electron chi connectivity index (χ0n) is 14.5. The lowest BCUT2D eigenvalue weighted by molar-refractivity contribution is 0.0781. The van der Waals surface area contributed by atoms with Crippen LogP contribution >= 0.6 is 0 Å². The summed E-state index contributed by atoms with van der Waals surface area (Å²) in [7, 11) is 3.38. The molecule has 0 fully saturated rings. The number of carbonyl (C=O) groups excluding carboxylic acids is 1. The van der Waals surface area contributed by atoms with Crippen LogP contribution in [0.25, 0.3) is 11.1 Å². The summed E-state index contributed by atoms with van der Waals surface area (Å²) in [4.78, 5) is 14.4. The van der Waals surface area contributed by atoms with Crippen LogP contribution in [0.1, 0.15) is 15.9 Å². The highest BCUT2D eigenvalue weighted by Crippen LogP contribution is 2.22. The second kappa shape index (κ2) is 7.67. The van der Waals surface area contributed by atoms with Crippen molar-refractivity contribution in [3.8, 4) is 16.9 Å². The lowest BCUT2D eigenvalue weighted by Crippen LogP contribution is -2.26. The Kier molecular flexibility index (Phi) is 5.14. The molecule has 126 valence electrons. The zero-order valence-corrected chi connectivity index (χ0v) is 14.5. The van der Waals surface area contributed by atoms with Crippen LogP contribution in [0.2, 0.25) is 0 Å². The van der Waals surface area contributed by atoms with E-state index in [0.29, 0.717) is 17.9 Å². The van der Waals surface area contributed by atoms with Crippen LogP contribution in [0.15, 0.2) is 78.9 Å². The standard InChI is InChI=1S/C22H21NO2/c1-23(22(24)20-10-6-7-11-21(20)25-2)16-17-12-14-19(15-13-17)18-8-4-3-5-9-18/h3-15H,16H2,1-2H3. The van der Waals surface area contributed by atoms with Gasteiger partial charge in [0, 0.05) is 13.6 Å². The molecule has 0 aliphatic carbocycles. The van der Waals surface area contributed by atoms with Gasteiger partial charge in [0.15, 0.2) is 0 Å². The van der Waals surface area contributed by atoms with Crippen LogP contribution in [0.5, 0.6) is 5.75 Å². The number of carbonyl (C=O) groups is 1. The van der Waals surface area contributed by atoms with Crippen molar-refractivity contribution in [2.45, 2.75) is 6.54 Å². The number of hydrogen-bond acceptors (Lipinski definition) is 2. The fraction of sp³-hybridized carbons (Fsp3) is 0.136. The molecule has 0 aliphatic heterocycles. The summed E-state index contributed by atoms with van der Waals surface area (Å²) >= 11 is 0. The molecule has 3 aromatic carbocycles. The van der Waals surface area contributed by atoms with E-state index in [9.17, 15) is 4.79 Å². The molecule has 0 unspecified atom stereocenters. The SMILES string of the molecule is COc1ccccc1C(=O)N(C)Cc1ccc(-c2ccccc2)cc1. The van der Waals surface area contributed by atoms with Gasteiger partial charge in [0.1, 0.15) is 5.75 Å². The van der Waals surface area contributed by atoms with Crippen molar-refractivity contribution in [1.29, 1.82) is 0 Å². The third kappa shape index (κ3) is 3.89. The first-order valence-corrected chi connectivity index (χ1v) is 8.22. The van der Waals surface area contributed by atoms with E-state index in [1.54, 1.807) is 31.2 Å². The first kappa shape index (κ1) is 16.8. The lowest BCUT2D eigenvalue weighted by atomic mass is 10.0. The van der Waals surface area contributed by atoms with Crippen molar-refractivity contribution in [2.24, 2.45) is 0 Å². The first-order valence-electron chi connectivity index (χ1n) is 8.22. The summed E-state index contributed by atoms with van der Waals surface area (Å²) in [5.74, 6) is 0.545. The Morgan fingerprint density at radius 1 is 0.840 bits per heavy atom. The Labute approximate surface area is 148 Å². The third-order valence-corrected chi connectivity index (χ3v) is 4.16. The summed E-state index contributed by atoms with van der Waals surface area (Å²) in [6.07, 6.45) is 0. The Morgan fingerprint density at radius 2 is 1.44 bits per heavy atom. The van der Waals surface area contributed by atoms with Gasteiger partial charge in [0.2, 0.25) is 0 Å². The minimum absolute atomic E-state index is 0.0513. The molecular formula is C22H21NO2. The Bertz CT molecular complexity index is 841. The molecule has 3 nitrogen and oxygen atoms in total. The van der Waals surface area contributed by atoms with Gasteiger partial charge in [0.25, 0.3) is 5.91 Å². The molecule has 25 heavy (non-hydrogen) atoms. The van der Waals surface area contributed by atoms with E-state index in [1.165, 1.54) is 11.1 Å². The Balaban J connectivity index is 1.72. The topological polar surface area (TPSA) is 29.5 Å². The van der Waals surface area contributed by atoms with Gasteiger partial charge < -0.3 is 9.64 Å². The van der Waals surface area contributed by atoms with Crippen molar-refractivity contribution in [3.63, 3.8) is 0 Å². The second-order valence-corrected chi connectivity index (χ2v) is 5.92. The van der Waals surface area contributed by atoms with E-state index >= 15 is 0 Å². The molecule has 0 heterocycles. The van der Waals surface area contributed by atoms with Crippen molar-refractivity contribution < 1.29 is 9.53 Å². The number of amides is 1. The second-order valence-electron chi connectivity index (χ2n) is 5.92. The van der Waals surface area contributed by atoms with Crippen LogP contribution in [-0.4, -0.2) is 25.0 Å². The third-order valence-electron chi connectivity index (χ3n) is 4.16. The minimum Gasteiger partial charge on any atom is -0.496 e. The largest absolute Gasteiger partial charge is 0.496 e. The maximum atomic E-state index is 12.7. The molecule has 0 spiro atoms. The predicted octanol–water partition coefficient (Wildman–Crippen LogP) is 4.63. The van der Waals surface area contributed by atoms with E-state index in [4.69, 9.17) is 4.74 Å². The number of methoxy groups -OCH3 is 1. The van der Waals surface area contributed by atoms with Crippen LogP contribution in [0.4, 0.5) is 0 Å². The van der Waals surface area contributed by atoms with Crippen molar-refractivity contribution in [2.75, 3.05) is 14.2 Å². The number of hydrogen-bond donors (Lipinski definition) is 0. The minimum atomic E-state index is -0.0513. The maximum absolute atomic E-state index is 12.7. The maximum Gasteiger partial charge on any atom is 0.257 e. The molecular weight excluding hydrogens is 310 g/mol. The van der Waals surface area contributed by atoms with E-state index in [1.807, 2.05) is 30.3 Å². The molecule has 0 aromatic heterocycles. The van der Waals surface area contributed by atoms with E-state index < -0.39 is 0 Å². The molecule has 0 radical (unpaired) electrons. The molecule has 0 atom stereocenters. The van der Waals surface area contributed by atoms with Crippen molar-refractivity contribution in [1.82, 2.24) is 4.90 Å². The lowest BCUT2D eigenvalue weighted by Gasteiger charge is -2.19. The molecule has 0 aliphatic rings. The smallest absolute Gasteiger partial charge is 0.257 e. The highest BCUT2D eigenvalue weighted by atomic mass is 16.5. The van der Waals surface area contributed by atoms with Gasteiger partial charge in [-0.05, 0) is 28.8 Å². The number of benzene rings is 3. The molecule has 3 heteroatoms. The quantitative estimate of drug-likeness (QED) is 0.682. The number of ether oxygens (including phenoxy) is 1. The Morgan fingerprint density at radius 3 is 2.12 bits per heavy atom. The van der Waals surface area contributed by atoms with Gasteiger partial charge in [-0.25, -0.2) is 0 Å². The zero-order chi connectivity index (χ0) is 17.6. The highest BCUT2D eigenvalue weighted by Gasteiger charge is 2.16. The fourth-order valence-electron chi connectivity index (χ4n) is 2.81. The summed E-state index contributed by atoms with van der Waals surface area (Å²) in [6, 6.07) is 25.9. The molecule has 1 amide bonds. The molecule has 3 rings (SSSR count). The first-order chi connectivity index (χ1) is 12.2. The van der Waals surface area contributed by atoms with Crippen LogP contribution in [0, 0.1) is 0 Å². The normalized spacial score (nSPS) is 10.3. The summed E-state index contributed by atoms with van der Waals surface area (Å²) in [5, 5.41) is 0. The average molecular weight is 331 g/mol. The fourth-order valence-corrected chi connectivity index (χ4v) is 2.81. The summed E-state index contributed by atoms with van der Waals surface area (Å²) < 4.78 is 5.28. The van der Waals surface area contributed by atoms with Crippen LogP contribution in [-0.2, 0) is 6.54 Å². The van der Waals surface area contributed by atoms with Gasteiger partial charge >= 0.3 is 0 Å². The number of para-hydroxylation sites is 1. The molecule has 0 saturated heterocycles. The van der Waals surface area contributed by atoms with Crippen LogP contribution in [0.3, 0.4) is 0 Å². The van der Waals surface area contributed by atoms with E-state index in [2.05, 4.69) is 36.4 Å². The molecule has 0 bridgehead atoms. The van der Waals surface area contributed by atoms with Gasteiger partial charge in [-0.15, -0.1) is 0 Å². The van der Waals surface area contributed by atoms with Gasteiger partial charge in [-0.3, -0.25) is 4.79 Å². The predicted molar refractivity (Wildman–Crippen MR) is 101 cm³/mol. The van der Waals surface area contributed by atoms with Crippen molar-refractivity contribution in [3.05, 3.63) is 90.0 Å². The highest BCUT2D eigenvalue weighted by molar-refractivity contribution is 5.96. The molecule has 3 aromatic rings. The van der Waals surface area contributed by atoms with Crippen LogP contribution < -0.4 is 4.74 Å².